The first kappa shape index (κ1) is 14.0. The molecule has 2 N–H and O–H groups in total. The number of imidazole rings is 1. The van der Waals surface area contributed by atoms with Gasteiger partial charge in [0.05, 0.1) is 11.5 Å². The first-order chi connectivity index (χ1) is 9.39. The molecule has 9 heteroatoms. The molecule has 0 saturated heterocycles. The molecule has 0 aliphatic rings. The molecular formula is C11H12N4O4S. The average molecular weight is 296 g/mol. The lowest BCUT2D eigenvalue weighted by Gasteiger charge is -2.08. The van der Waals surface area contributed by atoms with Crippen molar-refractivity contribution < 1.29 is 13.3 Å². The number of hydrogen-bond acceptors (Lipinski definition) is 6. The summed E-state index contributed by atoms with van der Waals surface area (Å²) in [4.78, 5) is 16.9. The predicted molar refractivity (Wildman–Crippen MR) is 72.1 cm³/mol. The molecule has 0 aliphatic carbocycles. The Bertz CT molecular complexity index is 725. The Morgan fingerprint density at radius 2 is 2.20 bits per heavy atom. The number of H-pyrrole nitrogens is 1. The number of nitrogens with one attached hydrogen (secondary N) is 2. The standard InChI is InChI=1S/C11H12N4O4S/c1-20(18,19)9-4-2-3-8(11(9)15(16)17)14-7-10-12-5-6-13-10/h2-6,14H,7H2,1H3,(H,12,13). The maximum atomic E-state index is 11.6. The fourth-order valence-corrected chi connectivity index (χ4v) is 2.59. The molecule has 0 aliphatic heterocycles. The van der Waals surface area contributed by atoms with Gasteiger partial charge in [0.1, 0.15) is 16.4 Å². The number of sulfone groups is 1. The Morgan fingerprint density at radius 3 is 2.75 bits per heavy atom. The van der Waals surface area contributed by atoms with Crippen molar-refractivity contribution >= 4 is 21.2 Å². The predicted octanol–water partition coefficient (Wildman–Crippen LogP) is 1.33. The summed E-state index contributed by atoms with van der Waals surface area (Å²) in [7, 11) is -3.68. The second-order valence-electron chi connectivity index (χ2n) is 4.07. The highest BCUT2D eigenvalue weighted by Gasteiger charge is 2.25. The summed E-state index contributed by atoms with van der Waals surface area (Å²) in [6.45, 7) is 0.223. The Kier molecular flexibility index (Phi) is 3.70. The molecule has 2 aromatic rings. The van der Waals surface area contributed by atoms with Crippen LogP contribution < -0.4 is 5.32 Å². The van der Waals surface area contributed by atoms with Crippen molar-refractivity contribution in [2.24, 2.45) is 0 Å². The molecule has 0 atom stereocenters. The Morgan fingerprint density at radius 1 is 1.45 bits per heavy atom. The van der Waals surface area contributed by atoms with Gasteiger partial charge in [-0.05, 0) is 12.1 Å². The Labute approximate surface area is 114 Å². The third kappa shape index (κ3) is 2.94. The first-order valence-electron chi connectivity index (χ1n) is 5.59. The van der Waals surface area contributed by atoms with Crippen LogP contribution in [0.3, 0.4) is 0 Å². The summed E-state index contributed by atoms with van der Waals surface area (Å²) in [5, 5.41) is 13.9. The quantitative estimate of drug-likeness (QED) is 0.634. The van der Waals surface area contributed by atoms with Gasteiger partial charge in [0.25, 0.3) is 0 Å². The SMILES string of the molecule is CS(=O)(=O)c1cccc(NCc2ncc[nH]2)c1[N+](=O)[O-]. The van der Waals surface area contributed by atoms with Gasteiger partial charge in [0.2, 0.25) is 0 Å². The third-order valence-corrected chi connectivity index (χ3v) is 3.71. The summed E-state index contributed by atoms with van der Waals surface area (Å²) >= 11 is 0. The normalized spacial score (nSPS) is 11.2. The van der Waals surface area contributed by atoms with E-state index in [1.54, 1.807) is 12.4 Å². The number of hydrogen-bond donors (Lipinski definition) is 2. The number of nitro groups is 1. The molecule has 106 valence electrons. The molecule has 0 saturated carbocycles. The minimum atomic E-state index is -3.68. The Hall–Kier alpha value is -2.42. The molecule has 2 rings (SSSR count). The van der Waals surface area contributed by atoms with Gasteiger partial charge in [-0.15, -0.1) is 0 Å². The number of nitrogens with zero attached hydrogens (tertiary/aromatic N) is 2. The first-order valence-corrected chi connectivity index (χ1v) is 7.48. The highest BCUT2D eigenvalue weighted by Crippen LogP contribution is 2.32. The summed E-state index contributed by atoms with van der Waals surface area (Å²) < 4.78 is 23.2. The second kappa shape index (κ2) is 5.29. The molecule has 0 fully saturated rings. The van der Waals surface area contributed by atoms with Crippen molar-refractivity contribution in [3.8, 4) is 0 Å². The van der Waals surface area contributed by atoms with Gasteiger partial charge in [-0.3, -0.25) is 10.1 Å². The molecule has 1 aromatic heterocycles. The molecule has 0 bridgehead atoms. The fourth-order valence-electron chi connectivity index (χ4n) is 1.73. The van der Waals surface area contributed by atoms with Crippen molar-refractivity contribution in [3.05, 3.63) is 46.5 Å². The van der Waals surface area contributed by atoms with Crippen molar-refractivity contribution in [1.29, 1.82) is 0 Å². The smallest absolute Gasteiger partial charge is 0.310 e. The lowest BCUT2D eigenvalue weighted by atomic mass is 10.2. The molecular weight excluding hydrogens is 284 g/mol. The van der Waals surface area contributed by atoms with Gasteiger partial charge < -0.3 is 10.3 Å². The van der Waals surface area contributed by atoms with Crippen LogP contribution in [0.5, 0.6) is 0 Å². The van der Waals surface area contributed by atoms with E-state index in [1.807, 2.05) is 0 Å². The lowest BCUT2D eigenvalue weighted by molar-refractivity contribution is -0.386. The monoisotopic (exact) mass is 296 g/mol. The number of rotatable bonds is 5. The topological polar surface area (TPSA) is 118 Å². The van der Waals surface area contributed by atoms with E-state index in [4.69, 9.17) is 0 Å². The van der Waals surface area contributed by atoms with Crippen LogP contribution in [0.2, 0.25) is 0 Å². The van der Waals surface area contributed by atoms with E-state index < -0.39 is 20.4 Å². The van der Waals surface area contributed by atoms with Crippen LogP contribution in [0.1, 0.15) is 5.82 Å². The molecule has 20 heavy (non-hydrogen) atoms. The number of para-hydroxylation sites is 1. The van der Waals surface area contributed by atoms with E-state index >= 15 is 0 Å². The summed E-state index contributed by atoms with van der Waals surface area (Å²) in [6.07, 6.45) is 4.11. The Balaban J connectivity index is 2.40. The van der Waals surface area contributed by atoms with Crippen LogP contribution in [0.15, 0.2) is 35.5 Å². The maximum Gasteiger partial charge on any atom is 0.310 e. The van der Waals surface area contributed by atoms with E-state index in [0.29, 0.717) is 5.82 Å². The zero-order valence-corrected chi connectivity index (χ0v) is 11.3. The van der Waals surface area contributed by atoms with Crippen molar-refractivity contribution in [1.82, 2.24) is 9.97 Å². The van der Waals surface area contributed by atoms with Gasteiger partial charge in [0, 0.05) is 18.6 Å². The van der Waals surface area contributed by atoms with Crippen LogP contribution >= 0.6 is 0 Å². The number of aromatic nitrogens is 2. The van der Waals surface area contributed by atoms with Gasteiger partial charge >= 0.3 is 5.69 Å². The number of nitro benzene ring substituents is 1. The van der Waals surface area contributed by atoms with Gasteiger partial charge in [-0.2, -0.15) is 0 Å². The van der Waals surface area contributed by atoms with E-state index in [1.165, 1.54) is 18.2 Å². The minimum absolute atomic E-state index is 0.134. The van der Waals surface area contributed by atoms with Crippen LogP contribution in [0.25, 0.3) is 0 Å². The zero-order chi connectivity index (χ0) is 14.8. The largest absolute Gasteiger partial charge is 0.372 e. The van der Waals surface area contributed by atoms with E-state index in [0.717, 1.165) is 6.26 Å². The molecule has 0 amide bonds. The maximum absolute atomic E-state index is 11.6. The summed E-state index contributed by atoms with van der Waals surface area (Å²) in [5.41, 5.74) is -0.323. The van der Waals surface area contributed by atoms with Crippen LogP contribution in [-0.2, 0) is 16.4 Å². The number of anilines is 1. The molecule has 0 radical (unpaired) electrons. The van der Waals surface area contributed by atoms with Crippen LogP contribution in [0.4, 0.5) is 11.4 Å². The van der Waals surface area contributed by atoms with Crippen LogP contribution in [0, 0.1) is 10.1 Å². The average Bonchev–Trinajstić information content (AvgIpc) is 2.87. The van der Waals surface area contributed by atoms with Gasteiger partial charge in [-0.1, -0.05) is 6.07 Å². The molecule has 1 heterocycles. The van der Waals surface area contributed by atoms with E-state index in [2.05, 4.69) is 15.3 Å². The third-order valence-electron chi connectivity index (χ3n) is 2.58. The van der Waals surface area contributed by atoms with Crippen molar-refractivity contribution in [2.45, 2.75) is 11.4 Å². The van der Waals surface area contributed by atoms with Crippen molar-refractivity contribution in [2.75, 3.05) is 11.6 Å². The summed E-state index contributed by atoms with van der Waals surface area (Å²) in [6, 6.07) is 4.12. The second-order valence-corrected chi connectivity index (χ2v) is 6.06. The molecule has 0 unspecified atom stereocenters. The van der Waals surface area contributed by atoms with Crippen LogP contribution in [-0.4, -0.2) is 29.6 Å². The van der Waals surface area contributed by atoms with E-state index in [-0.39, 0.29) is 17.1 Å². The number of benzene rings is 1. The molecule has 8 nitrogen and oxygen atoms in total. The van der Waals surface area contributed by atoms with E-state index in [9.17, 15) is 18.5 Å². The van der Waals surface area contributed by atoms with Gasteiger partial charge in [-0.25, -0.2) is 13.4 Å². The lowest BCUT2D eigenvalue weighted by Crippen LogP contribution is -2.08. The molecule has 0 spiro atoms. The highest BCUT2D eigenvalue weighted by molar-refractivity contribution is 7.90. The highest BCUT2D eigenvalue weighted by atomic mass is 32.2. The molecule has 1 aromatic carbocycles. The fraction of sp³-hybridized carbons (Fsp3) is 0.182. The zero-order valence-electron chi connectivity index (χ0n) is 10.5. The van der Waals surface area contributed by atoms with Gasteiger partial charge in [0.15, 0.2) is 9.84 Å². The van der Waals surface area contributed by atoms with Crippen molar-refractivity contribution in [3.63, 3.8) is 0 Å². The number of aromatic amines is 1. The summed E-state index contributed by atoms with van der Waals surface area (Å²) in [5.74, 6) is 0.587. The minimum Gasteiger partial charge on any atom is -0.372 e.